The maximum atomic E-state index is 4.22. The summed E-state index contributed by atoms with van der Waals surface area (Å²) in [6.45, 7) is 7.15. The highest BCUT2D eigenvalue weighted by Crippen LogP contribution is 2.13. The third-order valence-electron chi connectivity index (χ3n) is 3.47. The van der Waals surface area contributed by atoms with E-state index in [0.717, 1.165) is 19.6 Å². The van der Waals surface area contributed by atoms with E-state index in [9.17, 15) is 0 Å². The summed E-state index contributed by atoms with van der Waals surface area (Å²) in [5, 5.41) is 7.72. The SMILES string of the molecule is CC(C)NCc1ccccc1CN(C)Cc1cnn(C)c1. The Labute approximate surface area is 127 Å². The zero-order valence-electron chi connectivity index (χ0n) is 13.5. The van der Waals surface area contributed by atoms with Gasteiger partial charge in [-0.2, -0.15) is 5.10 Å². The minimum Gasteiger partial charge on any atom is -0.310 e. The molecule has 0 aliphatic carbocycles. The van der Waals surface area contributed by atoms with E-state index in [1.54, 1.807) is 0 Å². The van der Waals surface area contributed by atoms with E-state index in [2.05, 4.69) is 66.7 Å². The number of aryl methyl sites for hydroxylation is 1. The van der Waals surface area contributed by atoms with Gasteiger partial charge in [-0.3, -0.25) is 9.58 Å². The highest BCUT2D eigenvalue weighted by atomic mass is 15.2. The molecule has 21 heavy (non-hydrogen) atoms. The molecule has 4 nitrogen and oxygen atoms in total. The van der Waals surface area contributed by atoms with Gasteiger partial charge in [-0.05, 0) is 18.2 Å². The second-order valence-electron chi connectivity index (χ2n) is 6.00. The van der Waals surface area contributed by atoms with Crippen molar-refractivity contribution in [2.75, 3.05) is 7.05 Å². The molecule has 0 atom stereocenters. The molecule has 4 heteroatoms. The maximum Gasteiger partial charge on any atom is 0.0534 e. The van der Waals surface area contributed by atoms with E-state index in [0.29, 0.717) is 6.04 Å². The van der Waals surface area contributed by atoms with E-state index < -0.39 is 0 Å². The fourth-order valence-electron chi connectivity index (χ4n) is 2.41. The Bertz CT molecular complexity index is 559. The van der Waals surface area contributed by atoms with Crippen molar-refractivity contribution in [3.8, 4) is 0 Å². The Morgan fingerprint density at radius 2 is 1.90 bits per heavy atom. The van der Waals surface area contributed by atoms with Gasteiger partial charge < -0.3 is 5.32 Å². The van der Waals surface area contributed by atoms with Crippen molar-refractivity contribution in [3.63, 3.8) is 0 Å². The third-order valence-corrected chi connectivity index (χ3v) is 3.47. The van der Waals surface area contributed by atoms with Crippen LogP contribution in [0.2, 0.25) is 0 Å². The lowest BCUT2D eigenvalue weighted by Crippen LogP contribution is -2.24. The standard InChI is InChI=1S/C17H26N4/c1-14(2)18-10-16-7-5-6-8-17(16)13-20(3)11-15-9-19-21(4)12-15/h5-9,12,14,18H,10-11,13H2,1-4H3. The van der Waals surface area contributed by atoms with Gasteiger partial charge in [0.25, 0.3) is 0 Å². The molecule has 0 aliphatic heterocycles. The van der Waals surface area contributed by atoms with Gasteiger partial charge >= 0.3 is 0 Å². The molecular formula is C17H26N4. The molecule has 0 spiro atoms. The van der Waals surface area contributed by atoms with Gasteiger partial charge in [-0.25, -0.2) is 0 Å². The number of benzene rings is 1. The van der Waals surface area contributed by atoms with Crippen molar-refractivity contribution in [1.29, 1.82) is 0 Å². The van der Waals surface area contributed by atoms with Crippen molar-refractivity contribution in [3.05, 3.63) is 53.3 Å². The van der Waals surface area contributed by atoms with Gasteiger partial charge in [0, 0.05) is 44.5 Å². The molecule has 2 aromatic rings. The first-order chi connectivity index (χ1) is 10.0. The summed E-state index contributed by atoms with van der Waals surface area (Å²) in [5.41, 5.74) is 4.01. The summed E-state index contributed by atoms with van der Waals surface area (Å²) < 4.78 is 1.85. The van der Waals surface area contributed by atoms with Crippen LogP contribution in [0.1, 0.15) is 30.5 Å². The number of hydrogen-bond donors (Lipinski definition) is 1. The molecule has 0 fully saturated rings. The summed E-state index contributed by atoms with van der Waals surface area (Å²) in [6, 6.07) is 9.17. The van der Waals surface area contributed by atoms with E-state index >= 15 is 0 Å². The van der Waals surface area contributed by atoms with Crippen LogP contribution < -0.4 is 5.32 Å². The molecular weight excluding hydrogens is 260 g/mol. The summed E-state index contributed by atoms with van der Waals surface area (Å²) in [4.78, 5) is 2.32. The largest absolute Gasteiger partial charge is 0.310 e. The van der Waals surface area contributed by atoms with Gasteiger partial charge in [-0.15, -0.1) is 0 Å². The molecule has 0 radical (unpaired) electrons. The van der Waals surface area contributed by atoms with Gasteiger partial charge in [0.05, 0.1) is 6.20 Å². The van der Waals surface area contributed by atoms with Gasteiger partial charge in [-0.1, -0.05) is 38.1 Å². The van der Waals surface area contributed by atoms with Crippen LogP contribution in [0.5, 0.6) is 0 Å². The zero-order valence-corrected chi connectivity index (χ0v) is 13.5. The highest BCUT2D eigenvalue weighted by Gasteiger charge is 2.07. The van der Waals surface area contributed by atoms with Crippen LogP contribution in [0.3, 0.4) is 0 Å². The van der Waals surface area contributed by atoms with Gasteiger partial charge in [0.2, 0.25) is 0 Å². The molecule has 2 rings (SSSR count). The Morgan fingerprint density at radius 3 is 2.52 bits per heavy atom. The zero-order chi connectivity index (χ0) is 15.2. The van der Waals surface area contributed by atoms with Crippen LogP contribution in [0.15, 0.2) is 36.7 Å². The Balaban J connectivity index is 1.98. The van der Waals surface area contributed by atoms with Crippen LogP contribution in [0.25, 0.3) is 0 Å². The van der Waals surface area contributed by atoms with Crippen molar-refractivity contribution < 1.29 is 0 Å². The number of hydrogen-bond acceptors (Lipinski definition) is 3. The fraction of sp³-hybridized carbons (Fsp3) is 0.471. The topological polar surface area (TPSA) is 33.1 Å². The average molecular weight is 286 g/mol. The monoisotopic (exact) mass is 286 g/mol. The minimum absolute atomic E-state index is 0.506. The Hall–Kier alpha value is -1.65. The smallest absolute Gasteiger partial charge is 0.0534 e. The van der Waals surface area contributed by atoms with Crippen LogP contribution in [-0.4, -0.2) is 27.8 Å². The summed E-state index contributed by atoms with van der Waals surface area (Å²) in [6.07, 6.45) is 4.01. The van der Waals surface area contributed by atoms with E-state index in [1.807, 2.05) is 17.9 Å². The van der Waals surface area contributed by atoms with Crippen LogP contribution in [0, 0.1) is 0 Å². The first-order valence-electron chi connectivity index (χ1n) is 7.51. The quantitative estimate of drug-likeness (QED) is 0.849. The molecule has 114 valence electrons. The normalized spacial score (nSPS) is 11.5. The first-order valence-corrected chi connectivity index (χ1v) is 7.51. The predicted molar refractivity (Wildman–Crippen MR) is 86.8 cm³/mol. The lowest BCUT2D eigenvalue weighted by atomic mass is 10.1. The molecule has 1 aromatic carbocycles. The number of nitrogens with one attached hydrogen (secondary N) is 1. The fourth-order valence-corrected chi connectivity index (χ4v) is 2.41. The number of nitrogens with zero attached hydrogens (tertiary/aromatic N) is 3. The lowest BCUT2D eigenvalue weighted by molar-refractivity contribution is 0.317. The van der Waals surface area contributed by atoms with Crippen molar-refractivity contribution in [1.82, 2.24) is 20.0 Å². The molecule has 1 aromatic heterocycles. The van der Waals surface area contributed by atoms with Crippen LogP contribution in [0.4, 0.5) is 0 Å². The van der Waals surface area contributed by atoms with Crippen molar-refractivity contribution in [2.45, 2.75) is 39.5 Å². The van der Waals surface area contributed by atoms with Gasteiger partial charge in [0.1, 0.15) is 0 Å². The molecule has 0 unspecified atom stereocenters. The summed E-state index contributed by atoms with van der Waals surface area (Å²) >= 11 is 0. The van der Waals surface area contributed by atoms with Crippen LogP contribution in [-0.2, 0) is 26.7 Å². The van der Waals surface area contributed by atoms with Gasteiger partial charge in [0.15, 0.2) is 0 Å². The number of aromatic nitrogens is 2. The lowest BCUT2D eigenvalue weighted by Gasteiger charge is -2.19. The molecule has 0 aliphatic rings. The van der Waals surface area contributed by atoms with Crippen molar-refractivity contribution in [2.24, 2.45) is 7.05 Å². The Morgan fingerprint density at radius 1 is 1.19 bits per heavy atom. The minimum atomic E-state index is 0.506. The molecule has 0 saturated heterocycles. The molecule has 0 saturated carbocycles. The Kier molecular flexibility index (Phi) is 5.53. The van der Waals surface area contributed by atoms with Crippen LogP contribution >= 0.6 is 0 Å². The van der Waals surface area contributed by atoms with E-state index in [1.165, 1.54) is 16.7 Å². The molecule has 0 bridgehead atoms. The van der Waals surface area contributed by atoms with E-state index in [4.69, 9.17) is 0 Å². The number of rotatable bonds is 7. The predicted octanol–water partition coefficient (Wildman–Crippen LogP) is 2.55. The molecule has 1 N–H and O–H groups in total. The third kappa shape index (κ3) is 4.99. The van der Waals surface area contributed by atoms with E-state index in [-0.39, 0.29) is 0 Å². The first kappa shape index (κ1) is 15.7. The van der Waals surface area contributed by atoms with Crippen molar-refractivity contribution >= 4 is 0 Å². The second-order valence-corrected chi connectivity index (χ2v) is 6.00. The average Bonchev–Trinajstić information content (AvgIpc) is 2.83. The highest BCUT2D eigenvalue weighted by molar-refractivity contribution is 5.27. The molecule has 1 heterocycles. The maximum absolute atomic E-state index is 4.22. The summed E-state index contributed by atoms with van der Waals surface area (Å²) in [7, 11) is 4.11. The molecule has 0 amide bonds. The summed E-state index contributed by atoms with van der Waals surface area (Å²) in [5.74, 6) is 0. The second kappa shape index (κ2) is 7.38.